The van der Waals surface area contributed by atoms with Crippen LogP contribution in [0.25, 0.3) is 0 Å². The fourth-order valence-corrected chi connectivity index (χ4v) is 1.34. The number of furan rings is 1. The number of tetrazole rings is 1. The SMILES string of the molecule is Brc1ccc(CNCc2nn[nH]n2)o1. The van der Waals surface area contributed by atoms with Gasteiger partial charge in [-0.05, 0) is 28.1 Å². The molecule has 0 aliphatic rings. The summed E-state index contributed by atoms with van der Waals surface area (Å²) in [6.45, 7) is 1.20. The van der Waals surface area contributed by atoms with E-state index in [1.165, 1.54) is 0 Å². The first kappa shape index (κ1) is 9.35. The first-order chi connectivity index (χ1) is 6.84. The van der Waals surface area contributed by atoms with Crippen molar-refractivity contribution in [3.63, 3.8) is 0 Å². The van der Waals surface area contributed by atoms with Crippen molar-refractivity contribution in [2.75, 3.05) is 0 Å². The number of hydrogen-bond acceptors (Lipinski definition) is 5. The number of aromatic nitrogens is 4. The molecule has 2 aromatic rings. The number of halogens is 1. The molecule has 0 aliphatic carbocycles. The monoisotopic (exact) mass is 257 g/mol. The fourth-order valence-electron chi connectivity index (χ4n) is 1.00. The normalized spacial score (nSPS) is 10.6. The van der Waals surface area contributed by atoms with Crippen molar-refractivity contribution in [2.45, 2.75) is 13.1 Å². The highest BCUT2D eigenvalue weighted by atomic mass is 79.9. The highest BCUT2D eigenvalue weighted by molar-refractivity contribution is 9.10. The number of H-pyrrole nitrogens is 1. The first-order valence-electron chi connectivity index (χ1n) is 4.02. The van der Waals surface area contributed by atoms with Gasteiger partial charge in [0.05, 0.1) is 13.1 Å². The van der Waals surface area contributed by atoms with Gasteiger partial charge in [-0.3, -0.25) is 0 Å². The molecular weight excluding hydrogens is 250 g/mol. The molecule has 2 rings (SSSR count). The van der Waals surface area contributed by atoms with Gasteiger partial charge >= 0.3 is 0 Å². The largest absolute Gasteiger partial charge is 0.453 e. The van der Waals surface area contributed by atoms with Gasteiger partial charge in [0, 0.05) is 0 Å². The van der Waals surface area contributed by atoms with Crippen molar-refractivity contribution in [3.8, 4) is 0 Å². The number of aromatic amines is 1. The second-order valence-corrected chi connectivity index (χ2v) is 3.42. The average Bonchev–Trinajstić information content (AvgIpc) is 2.77. The Bertz CT molecular complexity index is 384. The van der Waals surface area contributed by atoms with Gasteiger partial charge < -0.3 is 9.73 Å². The van der Waals surface area contributed by atoms with E-state index >= 15 is 0 Å². The average molecular weight is 258 g/mol. The highest BCUT2D eigenvalue weighted by Gasteiger charge is 2.00. The van der Waals surface area contributed by atoms with E-state index < -0.39 is 0 Å². The van der Waals surface area contributed by atoms with Crippen LogP contribution in [0, 0.1) is 0 Å². The van der Waals surface area contributed by atoms with Gasteiger partial charge in [0.2, 0.25) is 0 Å². The minimum absolute atomic E-state index is 0.564. The lowest BCUT2D eigenvalue weighted by Crippen LogP contribution is -2.13. The van der Waals surface area contributed by atoms with Crippen LogP contribution in [-0.4, -0.2) is 20.6 Å². The van der Waals surface area contributed by atoms with Crippen LogP contribution in [0.3, 0.4) is 0 Å². The van der Waals surface area contributed by atoms with Crippen molar-refractivity contribution < 1.29 is 4.42 Å². The van der Waals surface area contributed by atoms with E-state index in [0.717, 1.165) is 10.4 Å². The number of nitrogens with one attached hydrogen (secondary N) is 2. The van der Waals surface area contributed by atoms with Crippen molar-refractivity contribution in [1.29, 1.82) is 0 Å². The lowest BCUT2D eigenvalue weighted by Gasteiger charge is -1.97. The Balaban J connectivity index is 1.78. The van der Waals surface area contributed by atoms with Crippen LogP contribution in [0.2, 0.25) is 0 Å². The molecule has 0 bridgehead atoms. The first-order valence-corrected chi connectivity index (χ1v) is 4.81. The van der Waals surface area contributed by atoms with Crippen LogP contribution >= 0.6 is 15.9 Å². The Hall–Kier alpha value is -1.21. The molecule has 0 unspecified atom stereocenters. The molecule has 2 N–H and O–H groups in total. The molecule has 0 saturated heterocycles. The van der Waals surface area contributed by atoms with Crippen molar-refractivity contribution >= 4 is 15.9 Å². The molecule has 14 heavy (non-hydrogen) atoms. The molecule has 0 aromatic carbocycles. The Morgan fingerprint density at radius 2 is 2.36 bits per heavy atom. The highest BCUT2D eigenvalue weighted by Crippen LogP contribution is 2.13. The maximum absolute atomic E-state index is 5.29. The van der Waals surface area contributed by atoms with E-state index in [1.54, 1.807) is 0 Å². The summed E-state index contributed by atoms with van der Waals surface area (Å²) in [7, 11) is 0. The van der Waals surface area contributed by atoms with Gasteiger partial charge in [0.15, 0.2) is 10.5 Å². The molecule has 0 fully saturated rings. The zero-order valence-electron chi connectivity index (χ0n) is 7.20. The van der Waals surface area contributed by atoms with Crippen LogP contribution in [0.4, 0.5) is 0 Å². The molecule has 0 aliphatic heterocycles. The Morgan fingerprint density at radius 1 is 1.43 bits per heavy atom. The summed E-state index contributed by atoms with van der Waals surface area (Å²) >= 11 is 3.23. The van der Waals surface area contributed by atoms with Gasteiger partial charge in [0.25, 0.3) is 0 Å². The van der Waals surface area contributed by atoms with Gasteiger partial charge in [0.1, 0.15) is 5.76 Å². The van der Waals surface area contributed by atoms with Gasteiger partial charge in [-0.1, -0.05) is 5.21 Å². The van der Waals surface area contributed by atoms with Crippen LogP contribution in [-0.2, 0) is 13.1 Å². The van der Waals surface area contributed by atoms with Crippen LogP contribution < -0.4 is 5.32 Å². The second kappa shape index (κ2) is 4.34. The Kier molecular flexibility index (Phi) is 2.90. The number of nitrogens with zero attached hydrogens (tertiary/aromatic N) is 3. The topological polar surface area (TPSA) is 79.6 Å². The molecule has 6 nitrogen and oxygen atoms in total. The van der Waals surface area contributed by atoms with E-state index in [1.807, 2.05) is 12.1 Å². The minimum Gasteiger partial charge on any atom is -0.453 e. The predicted molar refractivity (Wildman–Crippen MR) is 51.1 cm³/mol. The summed E-state index contributed by atoms with van der Waals surface area (Å²) in [5.74, 6) is 1.50. The van der Waals surface area contributed by atoms with Crippen molar-refractivity contribution in [2.24, 2.45) is 0 Å². The maximum Gasteiger partial charge on any atom is 0.188 e. The Morgan fingerprint density at radius 3 is 3.00 bits per heavy atom. The van der Waals surface area contributed by atoms with E-state index in [4.69, 9.17) is 4.42 Å². The third kappa shape index (κ3) is 2.39. The smallest absolute Gasteiger partial charge is 0.188 e. The van der Waals surface area contributed by atoms with Crippen LogP contribution in [0.1, 0.15) is 11.6 Å². The van der Waals surface area contributed by atoms with Crippen LogP contribution in [0.15, 0.2) is 21.2 Å². The fraction of sp³-hybridized carbons (Fsp3) is 0.286. The molecule has 0 saturated carbocycles. The number of hydrogen-bond donors (Lipinski definition) is 2. The predicted octanol–water partition coefficient (Wildman–Crippen LogP) is 0.845. The van der Waals surface area contributed by atoms with Gasteiger partial charge in [-0.25, -0.2) is 0 Å². The summed E-state index contributed by atoms with van der Waals surface area (Å²) in [6, 6.07) is 3.75. The third-order valence-electron chi connectivity index (χ3n) is 1.60. The molecule has 2 heterocycles. The van der Waals surface area contributed by atoms with Gasteiger partial charge in [-0.2, -0.15) is 5.21 Å². The zero-order chi connectivity index (χ0) is 9.80. The summed E-state index contributed by atoms with van der Waals surface area (Å²) in [6.07, 6.45) is 0. The number of rotatable bonds is 4. The molecule has 0 atom stereocenters. The molecule has 0 spiro atoms. The van der Waals surface area contributed by atoms with E-state index in [-0.39, 0.29) is 0 Å². The molecule has 7 heteroatoms. The quantitative estimate of drug-likeness (QED) is 0.849. The van der Waals surface area contributed by atoms with Crippen molar-refractivity contribution in [3.05, 3.63) is 28.4 Å². The summed E-state index contributed by atoms with van der Waals surface area (Å²) in [5.41, 5.74) is 0. The minimum atomic E-state index is 0.564. The molecular formula is C7H8BrN5O. The summed E-state index contributed by atoms with van der Waals surface area (Å²) in [5, 5.41) is 16.5. The van der Waals surface area contributed by atoms with E-state index in [2.05, 4.69) is 41.9 Å². The lowest BCUT2D eigenvalue weighted by molar-refractivity contribution is 0.463. The van der Waals surface area contributed by atoms with Crippen LogP contribution in [0.5, 0.6) is 0 Å². The second-order valence-electron chi connectivity index (χ2n) is 2.64. The summed E-state index contributed by atoms with van der Waals surface area (Å²) < 4.78 is 6.02. The maximum atomic E-state index is 5.29. The van der Waals surface area contributed by atoms with Gasteiger partial charge in [-0.15, -0.1) is 10.2 Å². The van der Waals surface area contributed by atoms with Crippen molar-refractivity contribution in [1.82, 2.24) is 25.9 Å². The third-order valence-corrected chi connectivity index (χ3v) is 2.03. The lowest BCUT2D eigenvalue weighted by atomic mass is 10.4. The molecule has 0 radical (unpaired) electrons. The zero-order valence-corrected chi connectivity index (χ0v) is 8.78. The summed E-state index contributed by atoms with van der Waals surface area (Å²) in [4.78, 5) is 0. The molecule has 2 aromatic heterocycles. The Labute approximate surface area is 88.2 Å². The molecule has 0 amide bonds. The van der Waals surface area contributed by atoms with E-state index in [0.29, 0.717) is 18.9 Å². The standard InChI is InChI=1S/C7H8BrN5O/c8-6-2-1-5(14-6)3-9-4-7-10-12-13-11-7/h1-2,9H,3-4H2,(H,10,11,12,13). The molecule has 74 valence electrons. The van der Waals surface area contributed by atoms with E-state index in [9.17, 15) is 0 Å².